The van der Waals surface area contributed by atoms with Crippen molar-refractivity contribution in [2.45, 2.75) is 6.54 Å². The number of carbonyl (C=O) groups is 1. The molecule has 1 amide bonds. The largest absolute Gasteiger partial charge is 0.348 e. The number of hydrogen-bond acceptors (Lipinski definition) is 3. The van der Waals surface area contributed by atoms with Crippen molar-refractivity contribution in [3.63, 3.8) is 0 Å². The molecule has 0 aliphatic carbocycles. The van der Waals surface area contributed by atoms with Gasteiger partial charge in [0.05, 0.1) is 0 Å². The van der Waals surface area contributed by atoms with Gasteiger partial charge < -0.3 is 5.32 Å². The Balaban J connectivity index is 2.11. The zero-order valence-electron chi connectivity index (χ0n) is 8.47. The molecule has 4 nitrogen and oxygen atoms in total. The minimum atomic E-state index is -0.00583. The van der Waals surface area contributed by atoms with Gasteiger partial charge in [0.1, 0.15) is 6.33 Å². The Labute approximate surface area is 92.4 Å². The van der Waals surface area contributed by atoms with Gasteiger partial charge in [0, 0.05) is 30.1 Å². The fourth-order valence-corrected chi connectivity index (χ4v) is 1.84. The number of nitrogens with one attached hydrogen (secondary N) is 1. The normalized spacial score (nSPS) is 13.4. The van der Waals surface area contributed by atoms with Crippen LogP contribution in [0.2, 0.25) is 0 Å². The van der Waals surface area contributed by atoms with E-state index in [1.54, 1.807) is 12.4 Å². The van der Waals surface area contributed by atoms with Gasteiger partial charge in [-0.1, -0.05) is 12.1 Å². The quantitative estimate of drug-likeness (QED) is 0.775. The molecule has 1 N–H and O–H groups in total. The van der Waals surface area contributed by atoms with E-state index in [2.05, 4.69) is 15.3 Å². The maximum atomic E-state index is 11.5. The molecule has 1 aromatic heterocycles. The molecule has 4 heteroatoms. The predicted molar refractivity (Wildman–Crippen MR) is 58.6 cm³/mol. The molecule has 78 valence electrons. The second kappa shape index (κ2) is 3.41. The summed E-state index contributed by atoms with van der Waals surface area (Å²) in [7, 11) is 0. The van der Waals surface area contributed by atoms with Gasteiger partial charge in [-0.25, -0.2) is 9.97 Å². The van der Waals surface area contributed by atoms with Crippen molar-refractivity contribution in [1.82, 2.24) is 15.3 Å². The van der Waals surface area contributed by atoms with Crippen LogP contribution >= 0.6 is 0 Å². The average molecular weight is 211 g/mol. The third-order valence-electron chi connectivity index (χ3n) is 2.69. The first-order valence-electron chi connectivity index (χ1n) is 5.01. The van der Waals surface area contributed by atoms with Crippen LogP contribution in [0.4, 0.5) is 0 Å². The first-order chi connectivity index (χ1) is 7.84. The monoisotopic (exact) mass is 211 g/mol. The topological polar surface area (TPSA) is 54.9 Å². The molecule has 3 rings (SSSR count). The molecule has 1 aliphatic heterocycles. The van der Waals surface area contributed by atoms with Gasteiger partial charge in [0.15, 0.2) is 0 Å². The molecule has 0 bridgehead atoms. The standard InChI is InChI=1S/C12H9N3O/c16-12-11-3-8(1-2-9(11)6-15-12)10-4-13-7-14-5-10/h1-5,7H,6H2,(H,15,16). The zero-order chi connectivity index (χ0) is 11.0. The minimum absolute atomic E-state index is 0.00583. The second-order valence-electron chi connectivity index (χ2n) is 3.68. The van der Waals surface area contributed by atoms with E-state index in [-0.39, 0.29) is 5.91 Å². The van der Waals surface area contributed by atoms with Crippen LogP contribution in [-0.4, -0.2) is 15.9 Å². The number of amides is 1. The van der Waals surface area contributed by atoms with Crippen molar-refractivity contribution in [2.24, 2.45) is 0 Å². The molecular weight excluding hydrogens is 202 g/mol. The van der Waals surface area contributed by atoms with Crippen molar-refractivity contribution in [1.29, 1.82) is 0 Å². The summed E-state index contributed by atoms with van der Waals surface area (Å²) in [5.74, 6) is -0.00583. The minimum Gasteiger partial charge on any atom is -0.348 e. The summed E-state index contributed by atoms with van der Waals surface area (Å²) in [4.78, 5) is 19.4. The van der Waals surface area contributed by atoms with E-state index in [9.17, 15) is 4.79 Å². The summed E-state index contributed by atoms with van der Waals surface area (Å²) in [5, 5.41) is 2.79. The van der Waals surface area contributed by atoms with Gasteiger partial charge >= 0.3 is 0 Å². The predicted octanol–water partition coefficient (Wildman–Crippen LogP) is 1.39. The van der Waals surface area contributed by atoms with Gasteiger partial charge in [0.25, 0.3) is 5.91 Å². The molecule has 2 aromatic rings. The van der Waals surface area contributed by atoms with Crippen molar-refractivity contribution < 1.29 is 4.79 Å². The molecule has 0 unspecified atom stereocenters. The fraction of sp³-hybridized carbons (Fsp3) is 0.0833. The van der Waals surface area contributed by atoms with Crippen LogP contribution in [0.1, 0.15) is 15.9 Å². The molecule has 16 heavy (non-hydrogen) atoms. The number of nitrogens with zero attached hydrogens (tertiary/aromatic N) is 2. The van der Waals surface area contributed by atoms with Crippen molar-refractivity contribution >= 4 is 5.91 Å². The van der Waals surface area contributed by atoms with Gasteiger partial charge in [-0.3, -0.25) is 4.79 Å². The molecule has 0 atom stereocenters. The fourth-order valence-electron chi connectivity index (χ4n) is 1.84. The number of hydrogen-bond donors (Lipinski definition) is 1. The Bertz CT molecular complexity index is 551. The number of fused-ring (bicyclic) bond motifs is 1. The molecule has 0 saturated heterocycles. The van der Waals surface area contributed by atoms with Crippen LogP contribution in [0.15, 0.2) is 36.9 Å². The molecule has 0 fully saturated rings. The highest BCUT2D eigenvalue weighted by atomic mass is 16.1. The lowest BCUT2D eigenvalue weighted by Gasteiger charge is -2.02. The van der Waals surface area contributed by atoms with Crippen LogP contribution < -0.4 is 5.32 Å². The van der Waals surface area contributed by atoms with Crippen LogP contribution in [0, 0.1) is 0 Å². The number of benzene rings is 1. The third-order valence-corrected chi connectivity index (χ3v) is 2.69. The Kier molecular flexibility index (Phi) is 1.93. The van der Waals surface area contributed by atoms with E-state index < -0.39 is 0 Å². The lowest BCUT2D eigenvalue weighted by molar-refractivity contribution is 0.0966. The highest BCUT2D eigenvalue weighted by molar-refractivity contribution is 5.99. The van der Waals surface area contributed by atoms with E-state index in [1.165, 1.54) is 6.33 Å². The molecule has 0 spiro atoms. The first-order valence-corrected chi connectivity index (χ1v) is 5.01. The molecular formula is C12H9N3O. The summed E-state index contributed by atoms with van der Waals surface area (Å²) in [6, 6.07) is 5.84. The van der Waals surface area contributed by atoms with Crippen molar-refractivity contribution in [2.75, 3.05) is 0 Å². The highest BCUT2D eigenvalue weighted by Gasteiger charge is 2.18. The van der Waals surface area contributed by atoms with Crippen LogP contribution in [0.5, 0.6) is 0 Å². The van der Waals surface area contributed by atoms with E-state index in [0.29, 0.717) is 6.54 Å². The molecule has 1 aromatic carbocycles. The maximum absolute atomic E-state index is 11.5. The smallest absolute Gasteiger partial charge is 0.251 e. The second-order valence-corrected chi connectivity index (χ2v) is 3.68. The van der Waals surface area contributed by atoms with Crippen molar-refractivity contribution in [3.8, 4) is 11.1 Å². The Morgan fingerprint density at radius 3 is 2.75 bits per heavy atom. The van der Waals surface area contributed by atoms with E-state index in [4.69, 9.17) is 0 Å². The molecule has 0 saturated carbocycles. The summed E-state index contributed by atoms with van der Waals surface area (Å²) >= 11 is 0. The number of carbonyl (C=O) groups excluding carboxylic acids is 1. The Morgan fingerprint density at radius 2 is 1.94 bits per heavy atom. The lowest BCUT2D eigenvalue weighted by Crippen LogP contribution is -2.12. The molecule has 1 aliphatic rings. The summed E-state index contributed by atoms with van der Waals surface area (Å²) in [5.41, 5.74) is 3.69. The van der Waals surface area contributed by atoms with Gasteiger partial charge in [-0.15, -0.1) is 0 Å². The van der Waals surface area contributed by atoms with E-state index >= 15 is 0 Å². The van der Waals surface area contributed by atoms with Gasteiger partial charge in [-0.05, 0) is 17.2 Å². The number of aromatic nitrogens is 2. The Hall–Kier alpha value is -2.23. The lowest BCUT2D eigenvalue weighted by atomic mass is 10.0. The Morgan fingerprint density at radius 1 is 1.12 bits per heavy atom. The molecule has 0 radical (unpaired) electrons. The van der Waals surface area contributed by atoms with E-state index in [1.807, 2.05) is 18.2 Å². The maximum Gasteiger partial charge on any atom is 0.251 e. The van der Waals surface area contributed by atoms with Crippen LogP contribution in [0.3, 0.4) is 0 Å². The SMILES string of the molecule is O=C1NCc2ccc(-c3cncnc3)cc21. The van der Waals surface area contributed by atoms with Crippen molar-refractivity contribution in [3.05, 3.63) is 48.0 Å². The average Bonchev–Trinajstić information content (AvgIpc) is 2.72. The molecule has 2 heterocycles. The van der Waals surface area contributed by atoms with Gasteiger partial charge in [-0.2, -0.15) is 0 Å². The van der Waals surface area contributed by atoms with Crippen LogP contribution in [-0.2, 0) is 6.54 Å². The van der Waals surface area contributed by atoms with Crippen LogP contribution in [0.25, 0.3) is 11.1 Å². The highest BCUT2D eigenvalue weighted by Crippen LogP contribution is 2.23. The number of rotatable bonds is 1. The summed E-state index contributed by atoms with van der Waals surface area (Å²) in [6.45, 7) is 0.625. The zero-order valence-corrected chi connectivity index (χ0v) is 8.47. The van der Waals surface area contributed by atoms with Gasteiger partial charge in [0.2, 0.25) is 0 Å². The summed E-state index contributed by atoms with van der Waals surface area (Å²) in [6.07, 6.45) is 4.97. The van der Waals surface area contributed by atoms with E-state index in [0.717, 1.165) is 22.3 Å². The third kappa shape index (κ3) is 1.35. The summed E-state index contributed by atoms with van der Waals surface area (Å²) < 4.78 is 0. The first kappa shape index (κ1) is 9.03.